The van der Waals surface area contributed by atoms with Gasteiger partial charge in [0.2, 0.25) is 0 Å². The van der Waals surface area contributed by atoms with Gasteiger partial charge in [-0.2, -0.15) is 0 Å². The Morgan fingerprint density at radius 3 is 2.15 bits per heavy atom. The van der Waals surface area contributed by atoms with Crippen LogP contribution < -0.4 is 10.0 Å². The number of carbonyl (C=O) groups excluding carboxylic acids is 1. The highest BCUT2D eigenvalue weighted by Gasteiger charge is 2.17. The molecule has 2 rings (SSSR count). The molecule has 0 radical (unpaired) electrons. The molecule has 0 atom stereocenters. The van der Waals surface area contributed by atoms with Gasteiger partial charge in [0, 0.05) is 12.1 Å². The highest BCUT2D eigenvalue weighted by atomic mass is 32.2. The van der Waals surface area contributed by atoms with Crippen molar-refractivity contribution in [3.63, 3.8) is 0 Å². The fourth-order valence-corrected chi connectivity index (χ4v) is 3.86. The van der Waals surface area contributed by atoms with E-state index in [-0.39, 0.29) is 10.8 Å². The molecule has 0 saturated carbocycles. The van der Waals surface area contributed by atoms with Crippen molar-refractivity contribution in [2.24, 2.45) is 0 Å². The van der Waals surface area contributed by atoms with E-state index in [1.807, 2.05) is 46.1 Å². The summed E-state index contributed by atoms with van der Waals surface area (Å²) >= 11 is 0. The number of sulfonamides is 1. The Morgan fingerprint density at radius 1 is 1.00 bits per heavy atom. The van der Waals surface area contributed by atoms with Gasteiger partial charge in [-0.15, -0.1) is 0 Å². The number of benzene rings is 2. The van der Waals surface area contributed by atoms with Crippen molar-refractivity contribution in [3.05, 3.63) is 59.2 Å². The zero-order chi connectivity index (χ0) is 20.0. The van der Waals surface area contributed by atoms with Gasteiger partial charge in [0.05, 0.1) is 10.6 Å². The normalized spacial score (nSPS) is 11.4. The first-order chi connectivity index (χ1) is 12.7. The Morgan fingerprint density at radius 2 is 1.59 bits per heavy atom. The quantitative estimate of drug-likeness (QED) is 0.681. The number of hydrogen-bond acceptors (Lipinski definition) is 4. The lowest BCUT2D eigenvalue weighted by Crippen LogP contribution is -2.27. The minimum Gasteiger partial charge on any atom is -0.352 e. The van der Waals surface area contributed by atoms with Crippen LogP contribution in [-0.4, -0.2) is 46.4 Å². The molecule has 0 aliphatic carbocycles. The third kappa shape index (κ3) is 5.80. The van der Waals surface area contributed by atoms with E-state index in [4.69, 9.17) is 0 Å². The number of hydrogen-bond donors (Lipinski definition) is 2. The molecule has 2 N–H and O–H groups in total. The summed E-state index contributed by atoms with van der Waals surface area (Å²) in [5.41, 5.74) is 2.73. The smallest absolute Gasteiger partial charge is 0.261 e. The van der Waals surface area contributed by atoms with Crippen molar-refractivity contribution >= 4 is 21.6 Å². The molecule has 0 aromatic heterocycles. The molecule has 0 heterocycles. The van der Waals surface area contributed by atoms with Crippen LogP contribution in [0.2, 0.25) is 0 Å². The lowest BCUT2D eigenvalue weighted by Gasteiger charge is -2.13. The molecule has 1 amide bonds. The van der Waals surface area contributed by atoms with E-state index in [0.29, 0.717) is 17.8 Å². The number of rotatable bonds is 8. The maximum atomic E-state index is 12.6. The van der Waals surface area contributed by atoms with Crippen LogP contribution in [0.1, 0.15) is 27.9 Å². The van der Waals surface area contributed by atoms with Gasteiger partial charge in [-0.25, -0.2) is 8.42 Å². The number of aryl methyl sites for hydroxylation is 2. The first-order valence-corrected chi connectivity index (χ1v) is 10.3. The molecule has 27 heavy (non-hydrogen) atoms. The molecule has 0 saturated heterocycles. The Kier molecular flexibility index (Phi) is 6.98. The van der Waals surface area contributed by atoms with Crippen molar-refractivity contribution in [2.75, 3.05) is 31.9 Å². The van der Waals surface area contributed by atoms with Crippen LogP contribution in [0.4, 0.5) is 5.69 Å². The standard InChI is InChI=1S/C20H27N3O3S/c1-15-7-5-8-16(2)19(15)22-27(25,26)18-11-9-17(10-12-18)20(24)21-13-6-14-23(3)4/h5,7-12,22H,6,13-14H2,1-4H3,(H,21,24). The molecule has 6 nitrogen and oxygen atoms in total. The van der Waals surface area contributed by atoms with Crippen molar-refractivity contribution in [1.82, 2.24) is 10.2 Å². The number of anilines is 1. The van der Waals surface area contributed by atoms with Crippen molar-refractivity contribution in [1.29, 1.82) is 0 Å². The summed E-state index contributed by atoms with van der Waals surface area (Å²) in [6.45, 7) is 5.18. The monoisotopic (exact) mass is 389 g/mol. The molecule has 0 bridgehead atoms. The second kappa shape index (κ2) is 9.01. The molecule has 146 valence electrons. The van der Waals surface area contributed by atoms with Gasteiger partial charge in [0.1, 0.15) is 0 Å². The Bertz CT molecular complexity index is 871. The van der Waals surface area contributed by atoms with Gasteiger partial charge in [-0.3, -0.25) is 9.52 Å². The van der Waals surface area contributed by atoms with Crippen LogP contribution in [0, 0.1) is 13.8 Å². The van der Waals surface area contributed by atoms with Gasteiger partial charge in [0.15, 0.2) is 0 Å². The summed E-state index contributed by atoms with van der Waals surface area (Å²) < 4.78 is 27.9. The molecular weight excluding hydrogens is 362 g/mol. The SMILES string of the molecule is Cc1cccc(C)c1NS(=O)(=O)c1ccc(C(=O)NCCCN(C)C)cc1. The zero-order valence-electron chi connectivity index (χ0n) is 16.2. The largest absolute Gasteiger partial charge is 0.352 e. The highest BCUT2D eigenvalue weighted by Crippen LogP contribution is 2.23. The van der Waals surface area contributed by atoms with Gasteiger partial charge in [0.25, 0.3) is 15.9 Å². The van der Waals surface area contributed by atoms with Gasteiger partial charge >= 0.3 is 0 Å². The molecule has 0 fully saturated rings. The van der Waals surface area contributed by atoms with E-state index in [0.717, 1.165) is 24.1 Å². The van der Waals surface area contributed by atoms with E-state index in [1.165, 1.54) is 24.3 Å². The van der Waals surface area contributed by atoms with E-state index in [9.17, 15) is 13.2 Å². The van der Waals surface area contributed by atoms with E-state index in [2.05, 4.69) is 14.9 Å². The Hall–Kier alpha value is -2.38. The fourth-order valence-electron chi connectivity index (χ4n) is 2.65. The topological polar surface area (TPSA) is 78.5 Å². The summed E-state index contributed by atoms with van der Waals surface area (Å²) in [6.07, 6.45) is 0.852. The molecule has 7 heteroatoms. The number of carbonyl (C=O) groups is 1. The predicted molar refractivity (Wildman–Crippen MR) is 109 cm³/mol. The Balaban J connectivity index is 2.06. The maximum Gasteiger partial charge on any atom is 0.261 e. The van der Waals surface area contributed by atoms with Crippen LogP contribution in [-0.2, 0) is 10.0 Å². The number of amides is 1. The molecule has 0 unspecified atom stereocenters. The first kappa shape index (κ1) is 20.9. The van der Waals surface area contributed by atoms with E-state index < -0.39 is 10.0 Å². The summed E-state index contributed by atoms with van der Waals surface area (Å²) in [7, 11) is 0.241. The molecule has 0 aliphatic rings. The van der Waals surface area contributed by atoms with Gasteiger partial charge in [-0.1, -0.05) is 18.2 Å². The number of nitrogens with one attached hydrogen (secondary N) is 2. The molecule has 2 aromatic carbocycles. The molecule has 0 aliphatic heterocycles. The third-order valence-corrected chi connectivity index (χ3v) is 5.58. The van der Waals surface area contributed by atoms with Crippen LogP contribution in [0.25, 0.3) is 0 Å². The van der Waals surface area contributed by atoms with Crippen molar-refractivity contribution in [3.8, 4) is 0 Å². The number of para-hydroxylation sites is 1. The van der Waals surface area contributed by atoms with Crippen molar-refractivity contribution < 1.29 is 13.2 Å². The van der Waals surface area contributed by atoms with Crippen LogP contribution in [0.5, 0.6) is 0 Å². The fraction of sp³-hybridized carbons (Fsp3) is 0.350. The second-order valence-corrected chi connectivity index (χ2v) is 8.49. The van der Waals surface area contributed by atoms with Crippen molar-refractivity contribution in [2.45, 2.75) is 25.2 Å². The first-order valence-electron chi connectivity index (χ1n) is 8.83. The summed E-state index contributed by atoms with van der Waals surface area (Å²) in [6, 6.07) is 11.5. The number of nitrogens with zero attached hydrogens (tertiary/aromatic N) is 1. The van der Waals surface area contributed by atoms with E-state index in [1.54, 1.807) is 0 Å². The van der Waals surface area contributed by atoms with Crippen LogP contribution in [0.3, 0.4) is 0 Å². The summed E-state index contributed by atoms with van der Waals surface area (Å²) in [5, 5.41) is 2.84. The molecule has 2 aromatic rings. The maximum absolute atomic E-state index is 12.6. The zero-order valence-corrected chi connectivity index (χ0v) is 17.1. The lowest BCUT2D eigenvalue weighted by atomic mass is 10.1. The van der Waals surface area contributed by atoms with Gasteiger partial charge < -0.3 is 10.2 Å². The molecular formula is C20H27N3O3S. The minimum absolute atomic E-state index is 0.120. The second-order valence-electron chi connectivity index (χ2n) is 6.81. The third-order valence-electron chi connectivity index (χ3n) is 4.21. The Labute approximate surface area is 161 Å². The predicted octanol–water partition coefficient (Wildman–Crippen LogP) is 2.79. The van der Waals surface area contributed by atoms with E-state index >= 15 is 0 Å². The minimum atomic E-state index is -3.72. The highest BCUT2D eigenvalue weighted by molar-refractivity contribution is 7.92. The lowest BCUT2D eigenvalue weighted by molar-refractivity contribution is 0.0952. The molecule has 0 spiro atoms. The summed E-state index contributed by atoms with van der Waals surface area (Å²) in [4.78, 5) is 14.3. The average Bonchev–Trinajstić information content (AvgIpc) is 2.62. The van der Waals surface area contributed by atoms with Gasteiger partial charge in [-0.05, 0) is 76.3 Å². The average molecular weight is 390 g/mol. The van der Waals surface area contributed by atoms with Crippen LogP contribution in [0.15, 0.2) is 47.4 Å². The van der Waals surface area contributed by atoms with Crippen LogP contribution >= 0.6 is 0 Å². The summed E-state index contributed by atoms with van der Waals surface area (Å²) in [5.74, 6) is -0.208.